The molecule has 2 amide bonds. The van der Waals surface area contributed by atoms with Gasteiger partial charge in [-0.3, -0.25) is 9.59 Å². The molecule has 128 valence electrons. The summed E-state index contributed by atoms with van der Waals surface area (Å²) in [6, 6.07) is 7.91. The van der Waals surface area contributed by atoms with Crippen LogP contribution in [0.25, 0.3) is 0 Å². The van der Waals surface area contributed by atoms with Crippen molar-refractivity contribution in [1.82, 2.24) is 5.32 Å². The number of rotatable bonds is 6. The lowest BCUT2D eigenvalue weighted by Gasteiger charge is -2.08. The number of hydrogen-bond donors (Lipinski definition) is 2. The van der Waals surface area contributed by atoms with Crippen LogP contribution in [0.3, 0.4) is 0 Å². The topological polar surface area (TPSA) is 67.4 Å². The summed E-state index contributed by atoms with van der Waals surface area (Å²) in [5, 5.41) is 4.91. The van der Waals surface area contributed by atoms with Crippen molar-refractivity contribution in [2.75, 3.05) is 11.9 Å². The number of nitrogens with one attached hydrogen (secondary N) is 2. The van der Waals surface area contributed by atoms with Gasteiger partial charge in [0.2, 0.25) is 0 Å². The number of anilines is 1. The first kappa shape index (κ1) is 17.9. The fourth-order valence-corrected chi connectivity index (χ4v) is 2.89. The van der Waals surface area contributed by atoms with Crippen LogP contribution in [-0.4, -0.2) is 18.4 Å². The molecule has 0 saturated carbocycles. The smallest absolute Gasteiger partial charge is 0.313 e. The van der Waals surface area contributed by atoms with Crippen molar-refractivity contribution >= 4 is 28.8 Å². The molecule has 0 aliphatic rings. The molecule has 0 unspecified atom stereocenters. The number of hydrogen-bond acceptors (Lipinski definition) is 4. The molecule has 0 fully saturated rings. The van der Waals surface area contributed by atoms with Crippen molar-refractivity contribution < 1.29 is 18.7 Å². The summed E-state index contributed by atoms with van der Waals surface area (Å²) < 4.78 is 18.8. The van der Waals surface area contributed by atoms with E-state index in [0.717, 1.165) is 17.4 Å². The van der Waals surface area contributed by atoms with E-state index in [1.165, 1.54) is 17.0 Å². The number of aryl methyl sites for hydroxylation is 1. The number of benzene rings is 1. The Bertz CT molecular complexity index is 730. The summed E-state index contributed by atoms with van der Waals surface area (Å²) >= 11 is 1.59. The summed E-state index contributed by atoms with van der Waals surface area (Å²) in [5.74, 6) is -2.10. The molecule has 0 spiro atoms. The van der Waals surface area contributed by atoms with Gasteiger partial charge in [0.15, 0.2) is 11.6 Å². The minimum atomic E-state index is -0.842. The highest BCUT2D eigenvalue weighted by Crippen LogP contribution is 2.21. The van der Waals surface area contributed by atoms with Crippen LogP contribution in [-0.2, 0) is 22.6 Å². The molecule has 0 bridgehead atoms. The predicted molar refractivity (Wildman–Crippen MR) is 91.7 cm³/mol. The normalized spacial score (nSPS) is 10.3. The van der Waals surface area contributed by atoms with Crippen LogP contribution in [0.4, 0.5) is 10.1 Å². The molecule has 1 aromatic heterocycles. The van der Waals surface area contributed by atoms with E-state index in [-0.39, 0.29) is 18.0 Å². The quantitative estimate of drug-likeness (QED) is 0.787. The van der Waals surface area contributed by atoms with Gasteiger partial charge in [-0.05, 0) is 37.6 Å². The molecule has 24 heavy (non-hydrogen) atoms. The second-order valence-electron chi connectivity index (χ2n) is 4.94. The van der Waals surface area contributed by atoms with Crippen LogP contribution in [0.2, 0.25) is 0 Å². The molecule has 1 heterocycles. The number of halogens is 1. The third-order valence-corrected chi connectivity index (χ3v) is 4.41. The Kier molecular flexibility index (Phi) is 6.31. The fraction of sp³-hybridized carbons (Fsp3) is 0.294. The van der Waals surface area contributed by atoms with E-state index in [0.29, 0.717) is 6.61 Å². The van der Waals surface area contributed by atoms with Crippen molar-refractivity contribution in [3.8, 4) is 5.75 Å². The van der Waals surface area contributed by atoms with E-state index in [4.69, 9.17) is 4.74 Å². The molecule has 7 heteroatoms. The molecule has 5 nitrogen and oxygen atoms in total. The Morgan fingerprint density at radius 2 is 1.88 bits per heavy atom. The van der Waals surface area contributed by atoms with Crippen molar-refractivity contribution in [3.05, 3.63) is 45.9 Å². The minimum absolute atomic E-state index is 0.101. The average molecular weight is 350 g/mol. The van der Waals surface area contributed by atoms with E-state index in [9.17, 15) is 14.0 Å². The number of carbonyl (C=O) groups is 2. The summed E-state index contributed by atoms with van der Waals surface area (Å²) in [7, 11) is 0. The standard InChI is InChI=1S/C17H19FN2O3S/c1-3-12-6-7-13(24-12)10-19-16(21)17(22)20-11-5-8-15(23-4-2)14(18)9-11/h5-9H,3-4,10H2,1-2H3,(H,19,21)(H,20,22). The van der Waals surface area contributed by atoms with E-state index in [2.05, 4.69) is 17.6 Å². The van der Waals surface area contributed by atoms with E-state index in [1.807, 2.05) is 12.1 Å². The Morgan fingerprint density at radius 3 is 2.50 bits per heavy atom. The maximum atomic E-state index is 13.7. The summed E-state index contributed by atoms with van der Waals surface area (Å²) in [5.41, 5.74) is 0.195. The van der Waals surface area contributed by atoms with Crippen molar-refractivity contribution in [2.24, 2.45) is 0 Å². The van der Waals surface area contributed by atoms with Gasteiger partial charge in [0, 0.05) is 21.5 Å². The molecule has 0 saturated heterocycles. The zero-order chi connectivity index (χ0) is 17.5. The summed E-state index contributed by atoms with van der Waals surface area (Å²) in [4.78, 5) is 25.8. The van der Waals surface area contributed by atoms with Crippen LogP contribution in [0.5, 0.6) is 5.75 Å². The van der Waals surface area contributed by atoms with E-state index >= 15 is 0 Å². The van der Waals surface area contributed by atoms with Crippen LogP contribution in [0.1, 0.15) is 23.6 Å². The van der Waals surface area contributed by atoms with Gasteiger partial charge in [0.25, 0.3) is 0 Å². The Hall–Kier alpha value is -2.41. The highest BCUT2D eigenvalue weighted by molar-refractivity contribution is 7.11. The van der Waals surface area contributed by atoms with Crippen LogP contribution >= 0.6 is 11.3 Å². The Morgan fingerprint density at radius 1 is 1.12 bits per heavy atom. The molecular formula is C17H19FN2O3S. The number of thiophene rings is 1. The SMILES string of the molecule is CCOc1ccc(NC(=O)C(=O)NCc2ccc(CC)s2)cc1F. The Balaban J connectivity index is 1.89. The highest BCUT2D eigenvalue weighted by Gasteiger charge is 2.15. The highest BCUT2D eigenvalue weighted by atomic mass is 32.1. The lowest BCUT2D eigenvalue weighted by molar-refractivity contribution is -0.136. The minimum Gasteiger partial charge on any atom is -0.491 e. The zero-order valence-corrected chi connectivity index (χ0v) is 14.3. The van der Waals surface area contributed by atoms with Gasteiger partial charge in [-0.2, -0.15) is 0 Å². The van der Waals surface area contributed by atoms with Crippen molar-refractivity contribution in [1.29, 1.82) is 0 Å². The zero-order valence-electron chi connectivity index (χ0n) is 13.5. The van der Waals surface area contributed by atoms with E-state index in [1.54, 1.807) is 18.3 Å². The first-order chi connectivity index (χ1) is 11.5. The molecule has 0 radical (unpaired) electrons. The number of amides is 2. The third kappa shape index (κ3) is 4.79. The maximum absolute atomic E-state index is 13.7. The average Bonchev–Trinajstić information content (AvgIpc) is 3.03. The first-order valence-corrected chi connectivity index (χ1v) is 8.44. The van der Waals surface area contributed by atoms with Crippen LogP contribution in [0, 0.1) is 5.82 Å². The number of carbonyl (C=O) groups excluding carboxylic acids is 2. The molecule has 0 atom stereocenters. The van der Waals surface area contributed by atoms with Gasteiger partial charge in [0.1, 0.15) is 0 Å². The lowest BCUT2D eigenvalue weighted by Crippen LogP contribution is -2.34. The van der Waals surface area contributed by atoms with Gasteiger partial charge >= 0.3 is 11.8 Å². The number of ether oxygens (including phenoxy) is 1. The molecule has 0 aliphatic heterocycles. The molecular weight excluding hydrogens is 331 g/mol. The van der Waals surface area contributed by atoms with Gasteiger partial charge in [0.05, 0.1) is 13.2 Å². The van der Waals surface area contributed by atoms with Gasteiger partial charge in [-0.1, -0.05) is 6.92 Å². The van der Waals surface area contributed by atoms with Gasteiger partial charge < -0.3 is 15.4 Å². The molecule has 2 N–H and O–H groups in total. The van der Waals surface area contributed by atoms with Gasteiger partial charge in [-0.25, -0.2) is 4.39 Å². The maximum Gasteiger partial charge on any atom is 0.313 e. The summed E-state index contributed by atoms with van der Waals surface area (Å²) in [6.07, 6.45) is 0.933. The summed E-state index contributed by atoms with van der Waals surface area (Å²) in [6.45, 7) is 4.43. The first-order valence-electron chi connectivity index (χ1n) is 7.62. The van der Waals surface area contributed by atoms with Gasteiger partial charge in [-0.15, -0.1) is 11.3 Å². The molecule has 2 rings (SSSR count). The Labute approximate surface area is 143 Å². The predicted octanol–water partition coefficient (Wildman–Crippen LogP) is 3.10. The van der Waals surface area contributed by atoms with Crippen molar-refractivity contribution in [2.45, 2.75) is 26.8 Å². The van der Waals surface area contributed by atoms with Crippen LogP contribution < -0.4 is 15.4 Å². The van der Waals surface area contributed by atoms with Crippen molar-refractivity contribution in [3.63, 3.8) is 0 Å². The third-order valence-electron chi connectivity index (χ3n) is 3.18. The fourth-order valence-electron chi connectivity index (χ4n) is 1.99. The molecule has 2 aromatic rings. The largest absolute Gasteiger partial charge is 0.491 e. The van der Waals surface area contributed by atoms with E-state index < -0.39 is 17.6 Å². The second kappa shape index (κ2) is 8.44. The molecule has 0 aliphatic carbocycles. The molecule has 1 aromatic carbocycles. The lowest BCUT2D eigenvalue weighted by atomic mass is 10.3. The monoisotopic (exact) mass is 350 g/mol. The van der Waals surface area contributed by atoms with Crippen LogP contribution in [0.15, 0.2) is 30.3 Å². The second-order valence-corrected chi connectivity index (χ2v) is 6.19.